The van der Waals surface area contributed by atoms with Crippen LogP contribution in [0.15, 0.2) is 0 Å². The number of ether oxygens (including phenoxy) is 1. The highest BCUT2D eigenvalue weighted by molar-refractivity contribution is 4.76. The third kappa shape index (κ3) is 1.96. The summed E-state index contributed by atoms with van der Waals surface area (Å²) < 4.78 is 5.26. The van der Waals surface area contributed by atoms with E-state index < -0.39 is 0 Å². The molecule has 0 heterocycles. The van der Waals surface area contributed by atoms with Crippen LogP contribution in [0.25, 0.3) is 0 Å². The fraction of sp³-hybridized carbons (Fsp3) is 1.00. The Morgan fingerprint density at radius 2 is 1.90 bits per heavy atom. The van der Waals surface area contributed by atoms with E-state index in [1.807, 2.05) is 0 Å². The number of hydrogen-bond acceptors (Lipinski definition) is 2. The summed E-state index contributed by atoms with van der Waals surface area (Å²) in [6, 6.07) is 0.285. The van der Waals surface area contributed by atoms with Gasteiger partial charge in [0.25, 0.3) is 0 Å². The molecule has 60 valence electrons. The highest BCUT2D eigenvalue weighted by Crippen LogP contribution is 2.18. The monoisotopic (exact) mass is 143 g/mol. The molecule has 1 aliphatic carbocycles. The summed E-state index contributed by atoms with van der Waals surface area (Å²) >= 11 is 0. The van der Waals surface area contributed by atoms with E-state index in [9.17, 15) is 0 Å². The second-order valence-corrected chi connectivity index (χ2v) is 3.08. The predicted octanol–water partition coefficient (Wildman–Crippen LogP) is 1.29. The molecule has 1 fully saturated rings. The van der Waals surface area contributed by atoms with Crippen molar-refractivity contribution in [2.75, 3.05) is 7.11 Å². The highest BCUT2D eigenvalue weighted by Gasteiger charge is 2.18. The molecule has 0 aromatic heterocycles. The van der Waals surface area contributed by atoms with Crippen molar-refractivity contribution in [3.8, 4) is 0 Å². The van der Waals surface area contributed by atoms with Gasteiger partial charge in [-0.3, -0.25) is 0 Å². The number of rotatable bonds is 1. The average molecular weight is 143 g/mol. The second kappa shape index (κ2) is 3.94. The molecule has 0 unspecified atom stereocenters. The van der Waals surface area contributed by atoms with Crippen molar-refractivity contribution >= 4 is 0 Å². The third-order valence-electron chi connectivity index (χ3n) is 2.31. The molecule has 2 heteroatoms. The SMILES string of the molecule is CO[C@H]1CCCCC[C@H]1N. The molecule has 0 radical (unpaired) electrons. The van der Waals surface area contributed by atoms with Crippen LogP contribution in [0.2, 0.25) is 0 Å². The molecule has 2 atom stereocenters. The number of methoxy groups -OCH3 is 1. The van der Waals surface area contributed by atoms with Gasteiger partial charge < -0.3 is 10.5 Å². The molecular weight excluding hydrogens is 126 g/mol. The summed E-state index contributed by atoms with van der Waals surface area (Å²) in [5.41, 5.74) is 5.86. The quantitative estimate of drug-likeness (QED) is 0.561. The van der Waals surface area contributed by atoms with Crippen LogP contribution in [0.4, 0.5) is 0 Å². The third-order valence-corrected chi connectivity index (χ3v) is 2.31. The first-order valence-corrected chi connectivity index (χ1v) is 4.13. The molecule has 0 aromatic rings. The maximum Gasteiger partial charge on any atom is 0.0722 e. The minimum atomic E-state index is 0.285. The van der Waals surface area contributed by atoms with Gasteiger partial charge in [-0.05, 0) is 12.8 Å². The van der Waals surface area contributed by atoms with Crippen LogP contribution in [0.3, 0.4) is 0 Å². The molecule has 0 aliphatic heterocycles. The lowest BCUT2D eigenvalue weighted by atomic mass is 10.1. The first-order chi connectivity index (χ1) is 4.84. The largest absolute Gasteiger partial charge is 0.380 e. The summed E-state index contributed by atoms with van der Waals surface area (Å²) in [6.45, 7) is 0. The first-order valence-electron chi connectivity index (χ1n) is 4.13. The van der Waals surface area contributed by atoms with Crippen molar-refractivity contribution < 1.29 is 4.74 Å². The van der Waals surface area contributed by atoms with Crippen molar-refractivity contribution in [2.24, 2.45) is 5.73 Å². The van der Waals surface area contributed by atoms with Crippen molar-refractivity contribution in [1.29, 1.82) is 0 Å². The Balaban J connectivity index is 2.35. The summed E-state index contributed by atoms with van der Waals surface area (Å²) in [4.78, 5) is 0. The van der Waals surface area contributed by atoms with Gasteiger partial charge in [0.1, 0.15) is 0 Å². The zero-order valence-electron chi connectivity index (χ0n) is 6.68. The molecule has 1 rings (SSSR count). The summed E-state index contributed by atoms with van der Waals surface area (Å²) in [5, 5.41) is 0. The maximum atomic E-state index is 5.86. The van der Waals surface area contributed by atoms with Gasteiger partial charge in [0, 0.05) is 13.2 Å². The van der Waals surface area contributed by atoms with E-state index in [0.29, 0.717) is 6.10 Å². The fourth-order valence-corrected chi connectivity index (χ4v) is 1.59. The lowest BCUT2D eigenvalue weighted by Crippen LogP contribution is -2.34. The average Bonchev–Trinajstić information content (AvgIpc) is 2.13. The lowest BCUT2D eigenvalue weighted by Gasteiger charge is -2.18. The maximum absolute atomic E-state index is 5.86. The van der Waals surface area contributed by atoms with Gasteiger partial charge in [-0.15, -0.1) is 0 Å². The zero-order valence-corrected chi connectivity index (χ0v) is 6.68. The fourth-order valence-electron chi connectivity index (χ4n) is 1.59. The molecule has 0 amide bonds. The number of nitrogens with two attached hydrogens (primary N) is 1. The van der Waals surface area contributed by atoms with Gasteiger partial charge in [0.2, 0.25) is 0 Å². The Labute approximate surface area is 62.7 Å². The standard InChI is InChI=1S/C8H17NO/c1-10-8-6-4-2-3-5-7(8)9/h7-8H,2-6,9H2,1H3/t7-,8+/m1/s1. The Hall–Kier alpha value is -0.0800. The molecule has 0 spiro atoms. The van der Waals surface area contributed by atoms with Crippen LogP contribution in [-0.4, -0.2) is 19.3 Å². The van der Waals surface area contributed by atoms with Crippen LogP contribution in [-0.2, 0) is 4.74 Å². The minimum Gasteiger partial charge on any atom is -0.380 e. The Morgan fingerprint density at radius 3 is 2.60 bits per heavy atom. The van der Waals surface area contributed by atoms with Crippen molar-refractivity contribution in [1.82, 2.24) is 0 Å². The van der Waals surface area contributed by atoms with E-state index in [1.54, 1.807) is 7.11 Å². The van der Waals surface area contributed by atoms with Crippen LogP contribution in [0, 0.1) is 0 Å². The molecule has 0 saturated heterocycles. The second-order valence-electron chi connectivity index (χ2n) is 3.08. The molecule has 2 N–H and O–H groups in total. The van der Waals surface area contributed by atoms with Crippen molar-refractivity contribution in [3.05, 3.63) is 0 Å². The van der Waals surface area contributed by atoms with Gasteiger partial charge >= 0.3 is 0 Å². The Morgan fingerprint density at radius 1 is 1.20 bits per heavy atom. The topological polar surface area (TPSA) is 35.2 Å². The normalized spacial score (nSPS) is 35.4. The zero-order chi connectivity index (χ0) is 7.40. The van der Waals surface area contributed by atoms with Crippen LogP contribution in [0.5, 0.6) is 0 Å². The molecule has 10 heavy (non-hydrogen) atoms. The Bertz CT molecular complexity index is 95.3. The molecule has 0 aromatic carbocycles. The van der Waals surface area contributed by atoms with Crippen LogP contribution in [0.1, 0.15) is 32.1 Å². The van der Waals surface area contributed by atoms with Gasteiger partial charge in [-0.2, -0.15) is 0 Å². The summed E-state index contributed by atoms with van der Waals surface area (Å²) in [7, 11) is 1.76. The molecule has 1 aliphatic rings. The van der Waals surface area contributed by atoms with Gasteiger partial charge in [-0.25, -0.2) is 0 Å². The van der Waals surface area contributed by atoms with E-state index in [4.69, 9.17) is 10.5 Å². The summed E-state index contributed by atoms with van der Waals surface area (Å²) in [6.07, 6.45) is 6.50. The van der Waals surface area contributed by atoms with Gasteiger partial charge in [-0.1, -0.05) is 19.3 Å². The molecular formula is C8H17NO. The van der Waals surface area contributed by atoms with E-state index >= 15 is 0 Å². The summed E-state index contributed by atoms with van der Waals surface area (Å²) in [5.74, 6) is 0. The van der Waals surface area contributed by atoms with Crippen LogP contribution < -0.4 is 5.73 Å². The minimum absolute atomic E-state index is 0.285. The smallest absolute Gasteiger partial charge is 0.0722 e. The predicted molar refractivity (Wildman–Crippen MR) is 41.9 cm³/mol. The molecule has 1 saturated carbocycles. The van der Waals surface area contributed by atoms with Gasteiger partial charge in [0.15, 0.2) is 0 Å². The van der Waals surface area contributed by atoms with E-state index in [-0.39, 0.29) is 6.04 Å². The van der Waals surface area contributed by atoms with E-state index in [0.717, 1.165) is 12.8 Å². The van der Waals surface area contributed by atoms with Crippen molar-refractivity contribution in [2.45, 2.75) is 44.2 Å². The molecule has 2 nitrogen and oxygen atoms in total. The van der Waals surface area contributed by atoms with Crippen LogP contribution >= 0.6 is 0 Å². The highest BCUT2D eigenvalue weighted by atomic mass is 16.5. The Kier molecular flexibility index (Phi) is 3.16. The molecule has 0 bridgehead atoms. The van der Waals surface area contributed by atoms with Gasteiger partial charge in [0.05, 0.1) is 6.10 Å². The van der Waals surface area contributed by atoms with E-state index in [2.05, 4.69) is 0 Å². The van der Waals surface area contributed by atoms with Crippen molar-refractivity contribution in [3.63, 3.8) is 0 Å². The first kappa shape index (κ1) is 8.02. The van der Waals surface area contributed by atoms with E-state index in [1.165, 1.54) is 19.3 Å². The number of hydrogen-bond donors (Lipinski definition) is 1. The lowest BCUT2D eigenvalue weighted by molar-refractivity contribution is 0.0751.